The normalized spacial score (nSPS) is 14.0. The molecule has 22 heavy (non-hydrogen) atoms. The fraction of sp³-hybridized carbons (Fsp3) is 0.643. The molecule has 0 aliphatic heterocycles. The highest BCUT2D eigenvalue weighted by molar-refractivity contribution is 7.89. The zero-order chi connectivity index (χ0) is 17.3. The first-order valence-corrected chi connectivity index (χ1v) is 8.34. The smallest absolute Gasteiger partial charge is 0.342 e. The first kappa shape index (κ1) is 18.7. The third kappa shape index (κ3) is 3.68. The lowest BCUT2D eigenvalue weighted by Crippen LogP contribution is -2.48. The Balaban J connectivity index is 3.38. The quantitative estimate of drug-likeness (QED) is 0.787. The number of hydrogen-bond donors (Lipinski definition) is 2. The summed E-state index contributed by atoms with van der Waals surface area (Å²) < 4.78 is 37.9. The monoisotopic (exact) mass is 332 g/mol. The van der Waals surface area contributed by atoms with Crippen LogP contribution in [0.25, 0.3) is 0 Å². The molecule has 0 radical (unpaired) electrons. The zero-order valence-electron chi connectivity index (χ0n) is 13.8. The molecule has 1 unspecified atom stereocenters. The maximum Gasteiger partial charge on any atom is 0.342 e. The summed E-state index contributed by atoms with van der Waals surface area (Å²) in [5.74, 6) is -0.422. The second kappa shape index (κ2) is 6.39. The molecule has 1 aromatic rings. The number of carbonyl (C=O) groups excluding carboxylic acids is 1. The Morgan fingerprint density at radius 2 is 1.86 bits per heavy atom. The lowest BCUT2D eigenvalue weighted by Gasteiger charge is -2.30. The van der Waals surface area contributed by atoms with Gasteiger partial charge in [0, 0.05) is 12.6 Å². The molecule has 0 aromatic carbocycles. The number of esters is 1. The highest BCUT2D eigenvalue weighted by Crippen LogP contribution is 2.29. The van der Waals surface area contributed by atoms with E-state index in [9.17, 15) is 13.2 Å². The Labute approximate surface area is 131 Å². The number of furan rings is 1. The van der Waals surface area contributed by atoms with E-state index >= 15 is 0 Å². The first-order chi connectivity index (χ1) is 9.95. The molecule has 3 N–H and O–H groups in total. The van der Waals surface area contributed by atoms with Crippen LogP contribution in [0.4, 0.5) is 0 Å². The minimum absolute atomic E-state index is 0.0859. The van der Waals surface area contributed by atoms with Crippen molar-refractivity contribution in [3.63, 3.8) is 0 Å². The predicted octanol–water partition coefficient (Wildman–Crippen LogP) is 1.33. The van der Waals surface area contributed by atoms with E-state index in [2.05, 4.69) is 9.46 Å². The number of hydrogen-bond acceptors (Lipinski definition) is 6. The fourth-order valence-corrected chi connectivity index (χ4v) is 4.01. The van der Waals surface area contributed by atoms with E-state index in [4.69, 9.17) is 10.2 Å². The third-order valence-corrected chi connectivity index (χ3v) is 5.07. The van der Waals surface area contributed by atoms with Crippen LogP contribution in [0.5, 0.6) is 0 Å². The molecule has 0 bridgehead atoms. The van der Waals surface area contributed by atoms with Crippen molar-refractivity contribution in [3.8, 4) is 0 Å². The van der Waals surface area contributed by atoms with Crippen molar-refractivity contribution in [2.45, 2.75) is 45.6 Å². The second-order valence-electron chi connectivity index (χ2n) is 6.19. The third-order valence-electron chi connectivity index (χ3n) is 3.44. The number of carbonyl (C=O) groups is 1. The van der Waals surface area contributed by atoms with Crippen LogP contribution < -0.4 is 10.5 Å². The maximum absolute atomic E-state index is 12.7. The molecule has 0 amide bonds. The number of aryl methyl sites for hydroxylation is 2. The van der Waals surface area contributed by atoms with Gasteiger partial charge in [-0.05, 0) is 19.3 Å². The van der Waals surface area contributed by atoms with Crippen molar-refractivity contribution in [2.75, 3.05) is 13.7 Å². The second-order valence-corrected chi connectivity index (χ2v) is 7.84. The molecule has 0 saturated heterocycles. The first-order valence-electron chi connectivity index (χ1n) is 6.86. The van der Waals surface area contributed by atoms with Gasteiger partial charge in [0.25, 0.3) is 0 Å². The number of ether oxygens (including phenoxy) is 1. The molecule has 1 atom stereocenters. The summed E-state index contributed by atoms with van der Waals surface area (Å²) >= 11 is 0. The Morgan fingerprint density at radius 1 is 1.32 bits per heavy atom. The summed E-state index contributed by atoms with van der Waals surface area (Å²) in [4.78, 5) is 11.7. The van der Waals surface area contributed by atoms with Gasteiger partial charge in [0.1, 0.15) is 22.0 Å². The molecule has 0 fully saturated rings. The van der Waals surface area contributed by atoms with Crippen molar-refractivity contribution in [1.29, 1.82) is 0 Å². The minimum Gasteiger partial charge on any atom is -0.465 e. The predicted molar refractivity (Wildman–Crippen MR) is 82.1 cm³/mol. The van der Waals surface area contributed by atoms with Crippen LogP contribution in [0.1, 0.15) is 42.6 Å². The van der Waals surface area contributed by atoms with Gasteiger partial charge in [0.2, 0.25) is 10.0 Å². The largest absolute Gasteiger partial charge is 0.465 e. The van der Waals surface area contributed by atoms with Gasteiger partial charge in [-0.25, -0.2) is 17.9 Å². The lowest BCUT2D eigenvalue weighted by atomic mass is 9.88. The van der Waals surface area contributed by atoms with Gasteiger partial charge in [-0.15, -0.1) is 0 Å². The van der Waals surface area contributed by atoms with E-state index < -0.39 is 22.0 Å². The molecule has 1 aromatic heterocycles. The summed E-state index contributed by atoms with van der Waals surface area (Å²) in [5.41, 5.74) is 5.21. The number of sulfonamides is 1. The fourth-order valence-electron chi connectivity index (χ4n) is 2.15. The molecule has 126 valence electrons. The SMILES string of the molecule is COC(=O)c1c(C)oc(C)c1S(=O)(=O)NC(CN)C(C)(C)C. The summed E-state index contributed by atoms with van der Waals surface area (Å²) in [5, 5.41) is 0. The topological polar surface area (TPSA) is 112 Å². The summed E-state index contributed by atoms with van der Waals surface area (Å²) in [6.07, 6.45) is 0. The molecule has 0 saturated carbocycles. The van der Waals surface area contributed by atoms with E-state index in [1.165, 1.54) is 21.0 Å². The highest BCUT2D eigenvalue weighted by Gasteiger charge is 2.35. The van der Waals surface area contributed by atoms with Gasteiger partial charge in [0.15, 0.2) is 0 Å². The van der Waals surface area contributed by atoms with E-state index in [1.807, 2.05) is 20.8 Å². The van der Waals surface area contributed by atoms with Gasteiger partial charge in [-0.1, -0.05) is 20.8 Å². The Bertz CT molecular complexity index is 656. The van der Waals surface area contributed by atoms with E-state index in [-0.39, 0.29) is 33.9 Å². The average molecular weight is 332 g/mol. The number of methoxy groups -OCH3 is 1. The molecular weight excluding hydrogens is 308 g/mol. The van der Waals surface area contributed by atoms with Crippen LogP contribution in [-0.4, -0.2) is 34.1 Å². The van der Waals surface area contributed by atoms with Gasteiger partial charge < -0.3 is 14.9 Å². The van der Waals surface area contributed by atoms with Crippen LogP contribution in [0.2, 0.25) is 0 Å². The van der Waals surface area contributed by atoms with E-state index in [0.29, 0.717) is 0 Å². The van der Waals surface area contributed by atoms with Crippen LogP contribution in [0, 0.1) is 19.3 Å². The van der Waals surface area contributed by atoms with E-state index in [0.717, 1.165) is 0 Å². The average Bonchev–Trinajstić information content (AvgIpc) is 2.69. The standard InChI is InChI=1S/C14H24N2O5S/c1-8-11(13(17)20-6)12(9(2)21-8)22(18,19)16-10(7-15)14(3,4)5/h10,16H,7,15H2,1-6H3. The van der Waals surface area contributed by atoms with Gasteiger partial charge >= 0.3 is 5.97 Å². The molecule has 0 aliphatic carbocycles. The molecule has 1 rings (SSSR count). The van der Waals surface area contributed by atoms with Crippen LogP contribution in [0.3, 0.4) is 0 Å². The molecular formula is C14H24N2O5S. The van der Waals surface area contributed by atoms with Crippen molar-refractivity contribution in [3.05, 3.63) is 17.1 Å². The Hall–Kier alpha value is -1.38. The Kier molecular flexibility index (Phi) is 5.42. The number of nitrogens with two attached hydrogens (primary N) is 1. The van der Waals surface area contributed by atoms with Crippen molar-refractivity contribution in [2.24, 2.45) is 11.1 Å². The van der Waals surface area contributed by atoms with Crippen LogP contribution in [-0.2, 0) is 14.8 Å². The van der Waals surface area contributed by atoms with Crippen molar-refractivity contribution < 1.29 is 22.4 Å². The Morgan fingerprint density at radius 3 is 2.27 bits per heavy atom. The molecule has 7 nitrogen and oxygen atoms in total. The molecule has 8 heteroatoms. The minimum atomic E-state index is -3.97. The van der Waals surface area contributed by atoms with Crippen LogP contribution >= 0.6 is 0 Å². The number of nitrogens with one attached hydrogen (secondary N) is 1. The summed E-state index contributed by atoms with van der Waals surface area (Å²) in [7, 11) is -2.79. The van der Waals surface area contributed by atoms with Crippen LogP contribution in [0.15, 0.2) is 9.31 Å². The lowest BCUT2D eigenvalue weighted by molar-refractivity contribution is 0.0595. The van der Waals surface area contributed by atoms with Gasteiger partial charge in [-0.3, -0.25) is 0 Å². The van der Waals surface area contributed by atoms with Crippen molar-refractivity contribution in [1.82, 2.24) is 4.72 Å². The molecule has 1 heterocycles. The zero-order valence-corrected chi connectivity index (χ0v) is 14.6. The van der Waals surface area contributed by atoms with E-state index in [1.54, 1.807) is 0 Å². The summed E-state index contributed by atoms with van der Waals surface area (Å²) in [6.45, 7) is 8.77. The van der Waals surface area contributed by atoms with Crippen molar-refractivity contribution >= 4 is 16.0 Å². The maximum atomic E-state index is 12.7. The molecule has 0 spiro atoms. The molecule has 0 aliphatic rings. The number of rotatable bonds is 5. The van der Waals surface area contributed by atoms with Gasteiger partial charge in [-0.2, -0.15) is 0 Å². The van der Waals surface area contributed by atoms with Gasteiger partial charge in [0.05, 0.1) is 7.11 Å². The highest BCUT2D eigenvalue weighted by atomic mass is 32.2. The summed E-state index contributed by atoms with van der Waals surface area (Å²) in [6, 6.07) is -0.488.